The molecule has 8 heteroatoms. The van der Waals surface area contributed by atoms with Gasteiger partial charge < -0.3 is 19.7 Å². The van der Waals surface area contributed by atoms with E-state index in [0.717, 1.165) is 24.4 Å². The highest BCUT2D eigenvalue weighted by Crippen LogP contribution is 2.28. The molecule has 1 aliphatic heterocycles. The molecule has 4 rings (SSSR count). The highest BCUT2D eigenvalue weighted by atomic mass is 32.1. The van der Waals surface area contributed by atoms with E-state index in [0.29, 0.717) is 29.1 Å². The van der Waals surface area contributed by atoms with Crippen molar-refractivity contribution in [3.05, 3.63) is 45.3 Å². The second kappa shape index (κ2) is 5.57. The lowest BCUT2D eigenvalue weighted by molar-refractivity contribution is 0.0702. The minimum absolute atomic E-state index is 0.134. The standard InChI is InChI=1S/C16H14FN3O3S/c17-10-5-9-11(6-12(10)19-3-1-18-2-4-19)20-8-14(16(22)23)24-15(20)7-13(9)21/h5-8,18H,1-4H2,(H,22,23). The van der Waals surface area contributed by atoms with Gasteiger partial charge >= 0.3 is 5.97 Å². The molecule has 0 bridgehead atoms. The summed E-state index contributed by atoms with van der Waals surface area (Å²) in [6.07, 6.45) is 1.48. The van der Waals surface area contributed by atoms with Gasteiger partial charge in [-0.05, 0) is 12.1 Å². The van der Waals surface area contributed by atoms with Crippen LogP contribution in [0.2, 0.25) is 0 Å². The molecule has 1 aromatic carbocycles. The summed E-state index contributed by atoms with van der Waals surface area (Å²) in [4.78, 5) is 26.1. The molecule has 2 N–H and O–H groups in total. The Balaban J connectivity index is 2.00. The van der Waals surface area contributed by atoms with E-state index >= 15 is 0 Å². The third-order valence-electron chi connectivity index (χ3n) is 4.21. The van der Waals surface area contributed by atoms with Crippen molar-refractivity contribution in [3.8, 4) is 0 Å². The molecule has 1 saturated heterocycles. The van der Waals surface area contributed by atoms with Gasteiger partial charge in [-0.2, -0.15) is 0 Å². The molecule has 124 valence electrons. The molecular formula is C16H14FN3O3S. The molecule has 2 aromatic heterocycles. The zero-order chi connectivity index (χ0) is 16.8. The molecule has 0 aliphatic carbocycles. The summed E-state index contributed by atoms with van der Waals surface area (Å²) in [7, 11) is 0. The van der Waals surface area contributed by atoms with Gasteiger partial charge in [0.1, 0.15) is 15.5 Å². The van der Waals surface area contributed by atoms with E-state index in [1.807, 2.05) is 4.90 Å². The number of anilines is 1. The van der Waals surface area contributed by atoms with E-state index in [-0.39, 0.29) is 15.7 Å². The molecule has 1 fully saturated rings. The van der Waals surface area contributed by atoms with Crippen LogP contribution in [-0.2, 0) is 0 Å². The summed E-state index contributed by atoms with van der Waals surface area (Å²) >= 11 is 1.03. The van der Waals surface area contributed by atoms with Crippen LogP contribution in [0.5, 0.6) is 0 Å². The summed E-state index contributed by atoms with van der Waals surface area (Å²) in [5, 5.41) is 12.6. The molecule has 6 nitrogen and oxygen atoms in total. The fourth-order valence-corrected chi connectivity index (χ4v) is 3.93. The third-order valence-corrected chi connectivity index (χ3v) is 5.24. The molecule has 0 radical (unpaired) electrons. The van der Waals surface area contributed by atoms with E-state index in [2.05, 4.69) is 5.32 Å². The Kier molecular flexibility index (Phi) is 3.50. The van der Waals surface area contributed by atoms with Gasteiger partial charge in [0.15, 0.2) is 5.43 Å². The molecular weight excluding hydrogens is 333 g/mol. The van der Waals surface area contributed by atoms with Crippen molar-refractivity contribution in [1.29, 1.82) is 0 Å². The summed E-state index contributed by atoms with van der Waals surface area (Å²) < 4.78 is 16.2. The number of carboxylic acid groups (broad SMARTS) is 1. The quantitative estimate of drug-likeness (QED) is 0.739. The van der Waals surface area contributed by atoms with Crippen LogP contribution in [0, 0.1) is 5.82 Å². The smallest absolute Gasteiger partial charge is 0.347 e. The van der Waals surface area contributed by atoms with Crippen LogP contribution in [0.15, 0.2) is 29.2 Å². The second-order valence-electron chi connectivity index (χ2n) is 5.68. The van der Waals surface area contributed by atoms with Gasteiger partial charge in [0.25, 0.3) is 0 Å². The van der Waals surface area contributed by atoms with Crippen molar-refractivity contribution in [2.45, 2.75) is 0 Å². The third kappa shape index (κ3) is 2.35. The Labute approximate surface area is 139 Å². The number of hydrogen-bond acceptors (Lipinski definition) is 5. The van der Waals surface area contributed by atoms with Crippen LogP contribution in [-0.4, -0.2) is 41.7 Å². The van der Waals surface area contributed by atoms with Crippen molar-refractivity contribution in [3.63, 3.8) is 0 Å². The Morgan fingerprint density at radius 1 is 1.25 bits per heavy atom. The molecule has 1 aliphatic rings. The van der Waals surface area contributed by atoms with Gasteiger partial charge in [0.2, 0.25) is 0 Å². The van der Waals surface area contributed by atoms with Gasteiger partial charge in [0.05, 0.1) is 11.2 Å². The van der Waals surface area contributed by atoms with Crippen molar-refractivity contribution in [2.24, 2.45) is 0 Å². The number of aromatic nitrogens is 1. The number of fused-ring (bicyclic) bond motifs is 3. The Morgan fingerprint density at radius 2 is 2.00 bits per heavy atom. The number of benzene rings is 1. The predicted octanol–water partition coefficient (Wildman–Crippen LogP) is 1.76. The molecule has 3 heterocycles. The van der Waals surface area contributed by atoms with Crippen molar-refractivity contribution < 1.29 is 14.3 Å². The van der Waals surface area contributed by atoms with E-state index in [1.165, 1.54) is 18.3 Å². The van der Waals surface area contributed by atoms with Gasteiger partial charge in [-0.1, -0.05) is 0 Å². The first-order valence-electron chi connectivity index (χ1n) is 7.52. The first-order chi connectivity index (χ1) is 11.5. The zero-order valence-corrected chi connectivity index (χ0v) is 13.4. The monoisotopic (exact) mass is 347 g/mol. The maximum atomic E-state index is 14.5. The van der Waals surface area contributed by atoms with Crippen LogP contribution in [0.4, 0.5) is 10.1 Å². The SMILES string of the molecule is O=C(O)c1cn2c(cc(=O)c3cc(F)c(N4CCNCC4)cc32)s1. The average Bonchev–Trinajstić information content (AvgIpc) is 3.00. The van der Waals surface area contributed by atoms with Gasteiger partial charge in [-0.15, -0.1) is 11.3 Å². The van der Waals surface area contributed by atoms with Gasteiger partial charge in [-0.3, -0.25) is 4.79 Å². The number of aromatic carboxylic acids is 1. The normalized spacial score (nSPS) is 15.3. The number of nitrogens with zero attached hydrogens (tertiary/aromatic N) is 2. The van der Waals surface area contributed by atoms with Crippen LogP contribution in [0.25, 0.3) is 15.7 Å². The van der Waals surface area contributed by atoms with E-state index in [1.54, 1.807) is 10.5 Å². The number of thiazole rings is 1. The minimum atomic E-state index is -1.05. The highest BCUT2D eigenvalue weighted by Gasteiger charge is 2.18. The number of carbonyl (C=O) groups is 1. The molecule has 3 aromatic rings. The zero-order valence-electron chi connectivity index (χ0n) is 12.6. The minimum Gasteiger partial charge on any atom is -0.477 e. The first kappa shape index (κ1) is 15.1. The number of pyridine rings is 1. The number of carboxylic acids is 1. The van der Waals surface area contributed by atoms with Crippen LogP contribution >= 0.6 is 11.3 Å². The molecule has 0 saturated carbocycles. The lowest BCUT2D eigenvalue weighted by Gasteiger charge is -2.29. The Hall–Kier alpha value is -2.45. The molecule has 24 heavy (non-hydrogen) atoms. The molecule has 0 amide bonds. The topological polar surface area (TPSA) is 74.0 Å². The maximum absolute atomic E-state index is 14.5. The molecule has 0 unspecified atom stereocenters. The van der Waals surface area contributed by atoms with Crippen LogP contribution in [0.1, 0.15) is 9.67 Å². The van der Waals surface area contributed by atoms with Crippen molar-refractivity contribution >= 4 is 38.7 Å². The lowest BCUT2D eigenvalue weighted by atomic mass is 10.1. The lowest BCUT2D eigenvalue weighted by Crippen LogP contribution is -2.43. The summed E-state index contributed by atoms with van der Waals surface area (Å²) in [6, 6.07) is 4.24. The second-order valence-corrected chi connectivity index (χ2v) is 6.74. The number of hydrogen-bond donors (Lipinski definition) is 2. The molecule has 0 atom stereocenters. The average molecular weight is 347 g/mol. The fraction of sp³-hybridized carbons (Fsp3) is 0.250. The molecule has 0 spiro atoms. The fourth-order valence-electron chi connectivity index (χ4n) is 3.04. The Morgan fingerprint density at radius 3 is 2.71 bits per heavy atom. The van der Waals surface area contributed by atoms with E-state index < -0.39 is 11.8 Å². The van der Waals surface area contributed by atoms with Crippen LogP contribution < -0.4 is 15.6 Å². The van der Waals surface area contributed by atoms with E-state index in [9.17, 15) is 19.1 Å². The first-order valence-corrected chi connectivity index (χ1v) is 8.33. The van der Waals surface area contributed by atoms with Crippen molar-refractivity contribution in [2.75, 3.05) is 31.1 Å². The number of halogens is 1. The highest BCUT2D eigenvalue weighted by molar-refractivity contribution is 7.19. The Bertz CT molecular complexity index is 1020. The number of nitrogens with one attached hydrogen (secondary N) is 1. The van der Waals surface area contributed by atoms with Crippen molar-refractivity contribution in [1.82, 2.24) is 9.72 Å². The van der Waals surface area contributed by atoms with Gasteiger partial charge in [0, 0.05) is 43.8 Å². The summed E-state index contributed by atoms with van der Waals surface area (Å²) in [5.74, 6) is -1.48. The number of piperazine rings is 1. The maximum Gasteiger partial charge on any atom is 0.347 e. The van der Waals surface area contributed by atoms with E-state index in [4.69, 9.17) is 0 Å². The van der Waals surface area contributed by atoms with Gasteiger partial charge in [-0.25, -0.2) is 9.18 Å². The number of rotatable bonds is 2. The predicted molar refractivity (Wildman–Crippen MR) is 91.1 cm³/mol. The summed E-state index contributed by atoms with van der Waals surface area (Å²) in [6.45, 7) is 2.89. The van der Waals surface area contributed by atoms with Crippen LogP contribution in [0.3, 0.4) is 0 Å². The summed E-state index contributed by atoms with van der Waals surface area (Å²) in [5.41, 5.74) is 0.650. The largest absolute Gasteiger partial charge is 0.477 e.